The zero-order chi connectivity index (χ0) is 12.1. The molecule has 0 aromatic carbocycles. The van der Waals surface area contributed by atoms with Crippen molar-refractivity contribution >= 4 is 11.6 Å². The number of halogens is 2. The zero-order valence-corrected chi connectivity index (χ0v) is 10.7. The summed E-state index contributed by atoms with van der Waals surface area (Å²) in [6, 6.07) is 0. The lowest BCUT2D eigenvalue weighted by Gasteiger charge is -2.09. The second kappa shape index (κ2) is 13.2. The number of rotatable bonds is 12. The molecule has 16 heavy (non-hydrogen) atoms. The third-order valence-corrected chi connectivity index (χ3v) is 2.68. The first-order valence-corrected chi connectivity index (χ1v) is 6.77. The number of hydrogen-bond acceptors (Lipinski definition) is 2. The highest BCUT2D eigenvalue weighted by molar-refractivity contribution is 6.17. The van der Waals surface area contributed by atoms with Gasteiger partial charge in [-0.3, -0.25) is 0 Å². The molecule has 0 aromatic rings. The predicted octanol–water partition coefficient (Wildman–Crippen LogP) is 3.65. The van der Waals surface area contributed by atoms with E-state index in [1.165, 1.54) is 0 Å². The monoisotopic (exact) mass is 254 g/mol. The number of alkyl halides is 2. The molecule has 0 aliphatic carbocycles. The van der Waals surface area contributed by atoms with Crippen LogP contribution in [0.1, 0.15) is 51.4 Å². The van der Waals surface area contributed by atoms with Crippen LogP contribution in [0, 0.1) is 0 Å². The van der Waals surface area contributed by atoms with Crippen molar-refractivity contribution in [2.75, 3.05) is 19.1 Å². The van der Waals surface area contributed by atoms with Crippen LogP contribution in [-0.4, -0.2) is 30.6 Å². The lowest BCUT2D eigenvalue weighted by Crippen LogP contribution is -2.07. The maximum Gasteiger partial charge on any atom is 0.198 e. The topological polar surface area (TPSA) is 29.5 Å². The first-order valence-electron chi connectivity index (χ1n) is 6.23. The minimum Gasteiger partial charge on any atom is -0.396 e. The number of unbranched alkanes of at least 4 members (excludes halogenated alkanes) is 5. The molecule has 0 radical (unpaired) electrons. The van der Waals surface area contributed by atoms with Gasteiger partial charge in [0.15, 0.2) is 6.36 Å². The molecule has 0 aromatic heterocycles. The summed E-state index contributed by atoms with van der Waals surface area (Å²) in [5, 5.41) is 8.54. The second-order valence-electron chi connectivity index (χ2n) is 3.96. The molecule has 0 saturated heterocycles. The summed E-state index contributed by atoms with van der Waals surface area (Å²) >= 11 is 5.54. The van der Waals surface area contributed by atoms with Crippen molar-refractivity contribution in [1.82, 2.24) is 0 Å². The highest BCUT2D eigenvalue weighted by atomic mass is 35.5. The minimum atomic E-state index is -1.13. The minimum absolute atomic E-state index is 0.193. The van der Waals surface area contributed by atoms with Gasteiger partial charge in [0.1, 0.15) is 0 Å². The van der Waals surface area contributed by atoms with Gasteiger partial charge in [-0.1, -0.05) is 19.3 Å². The quantitative estimate of drug-likeness (QED) is 0.426. The van der Waals surface area contributed by atoms with E-state index in [9.17, 15) is 4.39 Å². The Hall–Kier alpha value is 0.140. The number of hydrogen-bond donors (Lipinski definition) is 1. The molecule has 0 fully saturated rings. The highest BCUT2D eigenvalue weighted by Gasteiger charge is 2.05. The van der Waals surface area contributed by atoms with Crippen LogP contribution >= 0.6 is 11.6 Å². The fraction of sp³-hybridized carbons (Fsp3) is 1.00. The molecular weight excluding hydrogens is 231 g/mol. The smallest absolute Gasteiger partial charge is 0.198 e. The average Bonchev–Trinajstić information content (AvgIpc) is 2.29. The predicted molar refractivity (Wildman–Crippen MR) is 65.6 cm³/mol. The van der Waals surface area contributed by atoms with Crippen molar-refractivity contribution in [3.05, 3.63) is 0 Å². The van der Waals surface area contributed by atoms with E-state index in [0.29, 0.717) is 18.9 Å². The Bertz CT molecular complexity index is 136. The van der Waals surface area contributed by atoms with Crippen molar-refractivity contribution in [2.45, 2.75) is 57.7 Å². The highest BCUT2D eigenvalue weighted by Crippen LogP contribution is 2.09. The number of ether oxygens (including phenoxy) is 1. The summed E-state index contributed by atoms with van der Waals surface area (Å²) in [5.74, 6) is 0.706. The Kier molecular flexibility index (Phi) is 13.3. The zero-order valence-electron chi connectivity index (χ0n) is 9.97. The third-order valence-electron chi connectivity index (χ3n) is 2.42. The van der Waals surface area contributed by atoms with Crippen LogP contribution < -0.4 is 0 Å². The number of aliphatic hydroxyl groups is 1. The summed E-state index contributed by atoms with van der Waals surface area (Å²) in [6.07, 6.45) is 5.82. The van der Waals surface area contributed by atoms with Gasteiger partial charge < -0.3 is 9.84 Å². The molecule has 0 aliphatic heterocycles. The Morgan fingerprint density at radius 2 is 1.69 bits per heavy atom. The van der Waals surface area contributed by atoms with E-state index >= 15 is 0 Å². The van der Waals surface area contributed by atoms with E-state index in [-0.39, 0.29) is 6.61 Å². The third kappa shape index (κ3) is 12.2. The fourth-order valence-corrected chi connectivity index (χ4v) is 1.63. The van der Waals surface area contributed by atoms with Crippen LogP contribution in [0.5, 0.6) is 0 Å². The van der Waals surface area contributed by atoms with Crippen molar-refractivity contribution in [2.24, 2.45) is 0 Å². The maximum atomic E-state index is 13.1. The molecule has 1 N–H and O–H groups in total. The SMILES string of the molecule is OCCCCCC(F)OCCCCCCCl. The van der Waals surface area contributed by atoms with Gasteiger partial charge in [-0.25, -0.2) is 4.39 Å². The van der Waals surface area contributed by atoms with Crippen LogP contribution in [-0.2, 0) is 4.74 Å². The first kappa shape index (κ1) is 16.1. The van der Waals surface area contributed by atoms with Crippen molar-refractivity contribution < 1.29 is 14.2 Å². The maximum absolute atomic E-state index is 13.1. The lowest BCUT2D eigenvalue weighted by molar-refractivity contribution is -0.0460. The molecular formula is C12H24ClFO2. The van der Waals surface area contributed by atoms with E-state index in [1.807, 2.05) is 0 Å². The second-order valence-corrected chi connectivity index (χ2v) is 4.33. The van der Waals surface area contributed by atoms with E-state index in [4.69, 9.17) is 21.4 Å². The molecule has 0 bridgehead atoms. The van der Waals surface area contributed by atoms with Gasteiger partial charge >= 0.3 is 0 Å². The molecule has 0 saturated carbocycles. The average molecular weight is 255 g/mol. The van der Waals surface area contributed by atoms with Gasteiger partial charge in [-0.05, 0) is 25.7 Å². The van der Waals surface area contributed by atoms with Crippen LogP contribution in [0.3, 0.4) is 0 Å². The standard InChI is InChI=1S/C12H24ClFO2/c13-9-5-1-2-7-11-16-12(14)8-4-3-6-10-15/h12,15H,1-11H2. The molecule has 2 nitrogen and oxygen atoms in total. The van der Waals surface area contributed by atoms with E-state index in [0.717, 1.165) is 44.9 Å². The molecule has 0 aliphatic rings. The Morgan fingerprint density at radius 3 is 2.38 bits per heavy atom. The van der Waals surface area contributed by atoms with E-state index < -0.39 is 6.36 Å². The summed E-state index contributed by atoms with van der Waals surface area (Å²) in [4.78, 5) is 0. The van der Waals surface area contributed by atoms with E-state index in [1.54, 1.807) is 0 Å². The van der Waals surface area contributed by atoms with Gasteiger partial charge in [0, 0.05) is 18.9 Å². The van der Waals surface area contributed by atoms with Gasteiger partial charge in [0.2, 0.25) is 0 Å². The largest absolute Gasteiger partial charge is 0.396 e. The summed E-state index contributed by atoms with van der Waals surface area (Å²) < 4.78 is 18.1. The molecule has 0 spiro atoms. The molecule has 98 valence electrons. The van der Waals surface area contributed by atoms with Crippen molar-refractivity contribution in [3.8, 4) is 0 Å². The molecule has 1 unspecified atom stereocenters. The summed E-state index contributed by atoms with van der Waals surface area (Å²) in [7, 11) is 0. The Balaban J connectivity index is 3.08. The van der Waals surface area contributed by atoms with Crippen LogP contribution in [0.25, 0.3) is 0 Å². The fourth-order valence-electron chi connectivity index (χ4n) is 1.44. The van der Waals surface area contributed by atoms with Crippen LogP contribution in [0.4, 0.5) is 4.39 Å². The van der Waals surface area contributed by atoms with Gasteiger partial charge in [0.05, 0.1) is 6.61 Å². The molecule has 1 atom stereocenters. The molecule has 0 rings (SSSR count). The molecule has 4 heteroatoms. The van der Waals surface area contributed by atoms with Gasteiger partial charge in [-0.2, -0.15) is 0 Å². The first-order chi connectivity index (χ1) is 7.81. The summed E-state index contributed by atoms with van der Waals surface area (Å²) in [5.41, 5.74) is 0. The van der Waals surface area contributed by atoms with Gasteiger partial charge in [0.25, 0.3) is 0 Å². The normalized spacial score (nSPS) is 12.9. The van der Waals surface area contributed by atoms with Crippen molar-refractivity contribution in [3.63, 3.8) is 0 Å². The Labute approximate surface area is 103 Å². The van der Waals surface area contributed by atoms with Crippen LogP contribution in [0.15, 0.2) is 0 Å². The summed E-state index contributed by atoms with van der Waals surface area (Å²) in [6.45, 7) is 0.696. The number of aliphatic hydroxyl groups excluding tert-OH is 1. The molecule has 0 amide bonds. The molecule has 0 heterocycles. The lowest BCUT2D eigenvalue weighted by atomic mass is 10.2. The van der Waals surface area contributed by atoms with Crippen molar-refractivity contribution in [1.29, 1.82) is 0 Å². The Morgan fingerprint density at radius 1 is 1.00 bits per heavy atom. The van der Waals surface area contributed by atoms with Crippen LogP contribution in [0.2, 0.25) is 0 Å². The van der Waals surface area contributed by atoms with E-state index in [2.05, 4.69) is 0 Å². The van der Waals surface area contributed by atoms with Gasteiger partial charge in [-0.15, -0.1) is 11.6 Å².